The summed E-state index contributed by atoms with van der Waals surface area (Å²) in [7, 11) is 0. The summed E-state index contributed by atoms with van der Waals surface area (Å²) in [5.41, 5.74) is 2.45. The maximum atomic E-state index is 12.3. The number of hydrogen-bond donors (Lipinski definition) is 3. The van der Waals surface area contributed by atoms with E-state index in [1.54, 1.807) is 18.2 Å². The SMILES string of the molecule is C=C/C=C\C(NC(=O)C(C)CC1=CC=CC=CC1)=C(/C)C(=O)O.Cc1ccc(O)cn1. The number of rotatable bonds is 7. The molecule has 0 bridgehead atoms. The number of nitrogens with zero attached hydrogens (tertiary/aromatic N) is 1. The van der Waals surface area contributed by atoms with Crippen LogP contribution < -0.4 is 5.32 Å². The van der Waals surface area contributed by atoms with Gasteiger partial charge in [0.2, 0.25) is 5.91 Å². The molecule has 2 rings (SSSR count). The Hall–Kier alpha value is -3.67. The van der Waals surface area contributed by atoms with Crippen molar-refractivity contribution < 1.29 is 19.8 Å². The number of carbonyl (C=O) groups excluding carboxylic acids is 1. The van der Waals surface area contributed by atoms with Crippen LogP contribution in [0, 0.1) is 12.8 Å². The lowest BCUT2D eigenvalue weighted by atomic mass is 9.97. The predicted molar refractivity (Wildman–Crippen MR) is 123 cm³/mol. The number of carbonyl (C=O) groups is 2. The van der Waals surface area contributed by atoms with Crippen LogP contribution in [0.15, 0.2) is 90.4 Å². The van der Waals surface area contributed by atoms with Crippen LogP contribution in [0.1, 0.15) is 32.4 Å². The molecule has 1 aromatic heterocycles. The molecule has 0 fully saturated rings. The molecule has 6 heteroatoms. The molecule has 0 aliphatic heterocycles. The zero-order chi connectivity index (χ0) is 23.2. The molecule has 164 valence electrons. The van der Waals surface area contributed by atoms with Crippen molar-refractivity contribution in [1.29, 1.82) is 0 Å². The number of aromatic hydroxyl groups is 1. The Bertz CT molecular complexity index is 898. The van der Waals surface area contributed by atoms with Gasteiger partial charge in [-0.2, -0.15) is 0 Å². The molecule has 1 atom stereocenters. The number of aryl methyl sites for hydroxylation is 1. The van der Waals surface area contributed by atoms with E-state index < -0.39 is 5.97 Å². The van der Waals surface area contributed by atoms with Gasteiger partial charge in [-0.05, 0) is 44.9 Å². The molecule has 0 spiro atoms. The van der Waals surface area contributed by atoms with E-state index in [9.17, 15) is 9.59 Å². The quantitative estimate of drug-likeness (QED) is 0.434. The third kappa shape index (κ3) is 10.1. The van der Waals surface area contributed by atoms with Crippen LogP contribution in [-0.2, 0) is 9.59 Å². The van der Waals surface area contributed by atoms with Crippen molar-refractivity contribution in [3.05, 3.63) is 96.1 Å². The van der Waals surface area contributed by atoms with E-state index in [-0.39, 0.29) is 28.8 Å². The van der Waals surface area contributed by atoms with Gasteiger partial charge in [0.05, 0.1) is 17.5 Å². The Labute approximate surface area is 183 Å². The molecule has 1 unspecified atom stereocenters. The van der Waals surface area contributed by atoms with Gasteiger partial charge < -0.3 is 15.5 Å². The number of pyridine rings is 1. The van der Waals surface area contributed by atoms with Gasteiger partial charge >= 0.3 is 5.97 Å². The average Bonchev–Trinajstić information content (AvgIpc) is 3.01. The zero-order valence-corrected chi connectivity index (χ0v) is 18.2. The summed E-state index contributed by atoms with van der Waals surface area (Å²) in [4.78, 5) is 27.3. The number of nitrogens with one attached hydrogen (secondary N) is 1. The molecule has 3 N–H and O–H groups in total. The van der Waals surface area contributed by atoms with E-state index in [1.807, 2.05) is 44.2 Å². The fourth-order valence-electron chi connectivity index (χ4n) is 2.51. The minimum Gasteiger partial charge on any atom is -0.506 e. The van der Waals surface area contributed by atoms with E-state index >= 15 is 0 Å². The van der Waals surface area contributed by atoms with Gasteiger partial charge in [-0.1, -0.05) is 61.6 Å². The second-order valence-corrected chi connectivity index (χ2v) is 7.03. The number of aromatic nitrogens is 1. The normalized spacial score (nSPS) is 14.5. The lowest BCUT2D eigenvalue weighted by Gasteiger charge is -2.15. The number of carboxylic acids is 1. The first-order valence-electron chi connectivity index (χ1n) is 9.91. The van der Waals surface area contributed by atoms with Crippen LogP contribution in [0.4, 0.5) is 0 Å². The third-order valence-electron chi connectivity index (χ3n) is 4.36. The first-order valence-corrected chi connectivity index (χ1v) is 9.91. The molecule has 0 saturated heterocycles. The molecule has 1 heterocycles. The number of hydrogen-bond acceptors (Lipinski definition) is 4. The molecule has 1 aromatic rings. The van der Waals surface area contributed by atoms with E-state index in [1.165, 1.54) is 30.8 Å². The standard InChI is InChI=1S/C19H23NO3.C6H7NO/c1-4-5-12-17(15(3)19(22)23)20-18(21)14(2)13-16-10-8-6-7-9-11-16;1-5-2-3-6(8)4-7-5/h4-10,12,14H,1,11,13H2,2-3H3,(H,20,21)(H,22,23);2-4,8H,1H3/b12-5-,17-15-;. The molecule has 1 amide bonds. The Morgan fingerprint density at radius 3 is 2.61 bits per heavy atom. The zero-order valence-electron chi connectivity index (χ0n) is 18.2. The maximum Gasteiger partial charge on any atom is 0.333 e. The molecule has 0 radical (unpaired) electrons. The highest BCUT2D eigenvalue weighted by Crippen LogP contribution is 2.18. The number of carboxylic acid groups (broad SMARTS) is 1. The Balaban J connectivity index is 0.000000500. The van der Waals surface area contributed by atoms with Gasteiger partial charge in [0.15, 0.2) is 0 Å². The summed E-state index contributed by atoms with van der Waals surface area (Å²) in [6.45, 7) is 8.71. The van der Waals surface area contributed by atoms with Crippen LogP contribution in [0.5, 0.6) is 5.75 Å². The summed E-state index contributed by atoms with van der Waals surface area (Å²) < 4.78 is 0. The van der Waals surface area contributed by atoms with E-state index in [4.69, 9.17) is 10.2 Å². The monoisotopic (exact) mass is 422 g/mol. The van der Waals surface area contributed by atoms with Crippen molar-refractivity contribution in [2.45, 2.75) is 33.6 Å². The number of allylic oxidation sites excluding steroid dienone is 9. The number of aliphatic carboxylic acids is 1. The highest BCUT2D eigenvalue weighted by atomic mass is 16.4. The van der Waals surface area contributed by atoms with E-state index in [0.29, 0.717) is 6.42 Å². The smallest absolute Gasteiger partial charge is 0.333 e. The van der Waals surface area contributed by atoms with Crippen LogP contribution in [0.3, 0.4) is 0 Å². The van der Waals surface area contributed by atoms with Crippen LogP contribution >= 0.6 is 0 Å². The Kier molecular flexibility index (Phi) is 11.1. The third-order valence-corrected chi connectivity index (χ3v) is 4.36. The molecular formula is C25H30N2O4. The van der Waals surface area contributed by atoms with Crippen LogP contribution in [-0.4, -0.2) is 27.1 Å². The molecule has 1 aliphatic carbocycles. The Morgan fingerprint density at radius 1 is 1.29 bits per heavy atom. The van der Waals surface area contributed by atoms with Gasteiger partial charge in [-0.25, -0.2) is 4.79 Å². The molecule has 1 aliphatic rings. The first kappa shape index (κ1) is 25.4. The highest BCUT2D eigenvalue weighted by Gasteiger charge is 2.17. The fraction of sp³-hybridized carbons (Fsp3) is 0.240. The summed E-state index contributed by atoms with van der Waals surface area (Å²) in [5, 5.41) is 20.5. The largest absolute Gasteiger partial charge is 0.506 e. The van der Waals surface area contributed by atoms with Crippen molar-refractivity contribution in [1.82, 2.24) is 10.3 Å². The summed E-state index contributed by atoms with van der Waals surface area (Å²) in [6, 6.07) is 3.37. The second kappa shape index (κ2) is 13.5. The minimum atomic E-state index is -1.07. The predicted octanol–water partition coefficient (Wildman–Crippen LogP) is 4.77. The van der Waals surface area contributed by atoms with Crippen LogP contribution in [0.25, 0.3) is 0 Å². The summed E-state index contributed by atoms with van der Waals surface area (Å²) in [5.74, 6) is -1.30. The molecule has 0 saturated carbocycles. The van der Waals surface area contributed by atoms with Crippen molar-refractivity contribution in [2.75, 3.05) is 0 Å². The van der Waals surface area contributed by atoms with Gasteiger partial charge in [0, 0.05) is 11.6 Å². The second-order valence-electron chi connectivity index (χ2n) is 7.03. The summed E-state index contributed by atoms with van der Waals surface area (Å²) in [6.07, 6.45) is 17.5. The molecule has 31 heavy (non-hydrogen) atoms. The van der Waals surface area contributed by atoms with Crippen molar-refractivity contribution in [3.8, 4) is 5.75 Å². The van der Waals surface area contributed by atoms with E-state index in [2.05, 4.69) is 16.9 Å². The molecular weight excluding hydrogens is 392 g/mol. The topological polar surface area (TPSA) is 99.5 Å². The van der Waals surface area contributed by atoms with Gasteiger partial charge in [-0.3, -0.25) is 9.78 Å². The van der Waals surface area contributed by atoms with Crippen molar-refractivity contribution in [2.24, 2.45) is 5.92 Å². The maximum absolute atomic E-state index is 12.3. The lowest BCUT2D eigenvalue weighted by Crippen LogP contribution is -2.29. The summed E-state index contributed by atoms with van der Waals surface area (Å²) >= 11 is 0. The van der Waals surface area contributed by atoms with Crippen molar-refractivity contribution in [3.63, 3.8) is 0 Å². The van der Waals surface area contributed by atoms with Crippen LogP contribution in [0.2, 0.25) is 0 Å². The molecule has 6 nitrogen and oxygen atoms in total. The fourth-order valence-corrected chi connectivity index (χ4v) is 2.51. The minimum absolute atomic E-state index is 0.0863. The van der Waals surface area contributed by atoms with E-state index in [0.717, 1.165) is 12.1 Å². The number of amides is 1. The first-order chi connectivity index (χ1) is 14.7. The van der Waals surface area contributed by atoms with Gasteiger partial charge in [0.1, 0.15) is 5.75 Å². The lowest BCUT2D eigenvalue weighted by molar-refractivity contribution is -0.132. The van der Waals surface area contributed by atoms with Crippen molar-refractivity contribution >= 4 is 11.9 Å². The van der Waals surface area contributed by atoms with Gasteiger partial charge in [-0.15, -0.1) is 0 Å². The highest BCUT2D eigenvalue weighted by molar-refractivity contribution is 5.89. The molecule has 0 aromatic carbocycles. The Morgan fingerprint density at radius 2 is 2.03 bits per heavy atom. The average molecular weight is 423 g/mol. The van der Waals surface area contributed by atoms with Gasteiger partial charge in [0.25, 0.3) is 0 Å².